The Kier molecular flexibility index (Phi) is 4.44. The average molecular weight is 296 g/mol. The van der Waals surface area contributed by atoms with E-state index in [2.05, 4.69) is 15.5 Å². The van der Waals surface area contributed by atoms with E-state index in [-0.39, 0.29) is 11.9 Å². The highest BCUT2D eigenvalue weighted by molar-refractivity contribution is 6.33. The zero-order chi connectivity index (χ0) is 14.7. The van der Waals surface area contributed by atoms with E-state index in [0.717, 1.165) is 12.2 Å². The van der Waals surface area contributed by atoms with Gasteiger partial charge in [0.25, 0.3) is 5.91 Å². The van der Waals surface area contributed by atoms with E-state index in [1.807, 2.05) is 31.5 Å². The molecule has 0 radical (unpaired) electrons. The average Bonchev–Trinajstić information content (AvgIpc) is 3.03. The summed E-state index contributed by atoms with van der Waals surface area (Å²) in [7, 11) is 0. The molecule has 0 aliphatic carbocycles. The number of aromatic nitrogens is 4. The van der Waals surface area contributed by atoms with Crippen LogP contribution in [0, 0.1) is 0 Å². The molecule has 0 fully saturated rings. The van der Waals surface area contributed by atoms with Crippen LogP contribution in [0.1, 0.15) is 43.0 Å². The standard InChI is InChI=1S/C13H18ClN5O/c1-4-18-11(6-7-15-18)9(3)17-13(20)12-10(14)8-16-19(12)5-2/h6-9H,4-5H2,1-3H3,(H,17,20). The molecule has 2 aromatic heterocycles. The Morgan fingerprint density at radius 1 is 1.35 bits per heavy atom. The molecule has 0 aliphatic heterocycles. The van der Waals surface area contributed by atoms with Gasteiger partial charge in [-0.25, -0.2) is 0 Å². The number of hydrogen-bond acceptors (Lipinski definition) is 3. The first-order valence-electron chi connectivity index (χ1n) is 6.62. The van der Waals surface area contributed by atoms with Gasteiger partial charge in [-0.15, -0.1) is 0 Å². The van der Waals surface area contributed by atoms with Crippen LogP contribution in [-0.2, 0) is 13.1 Å². The topological polar surface area (TPSA) is 64.7 Å². The minimum Gasteiger partial charge on any atom is -0.343 e. The summed E-state index contributed by atoms with van der Waals surface area (Å²) >= 11 is 6.02. The van der Waals surface area contributed by atoms with Crippen molar-refractivity contribution in [1.82, 2.24) is 24.9 Å². The highest BCUT2D eigenvalue weighted by Gasteiger charge is 2.20. The van der Waals surface area contributed by atoms with Crippen LogP contribution in [0.25, 0.3) is 0 Å². The fourth-order valence-corrected chi connectivity index (χ4v) is 2.37. The van der Waals surface area contributed by atoms with Gasteiger partial charge in [-0.05, 0) is 26.8 Å². The summed E-state index contributed by atoms with van der Waals surface area (Å²) in [6.45, 7) is 7.19. The van der Waals surface area contributed by atoms with Crippen LogP contribution in [-0.4, -0.2) is 25.5 Å². The van der Waals surface area contributed by atoms with Gasteiger partial charge < -0.3 is 5.32 Å². The third-order valence-corrected chi connectivity index (χ3v) is 3.43. The number of nitrogens with one attached hydrogen (secondary N) is 1. The lowest BCUT2D eigenvalue weighted by atomic mass is 10.2. The van der Waals surface area contributed by atoms with Crippen LogP contribution in [0.2, 0.25) is 5.02 Å². The molecular formula is C13H18ClN5O. The minimum absolute atomic E-state index is 0.152. The summed E-state index contributed by atoms with van der Waals surface area (Å²) in [6.07, 6.45) is 3.21. The van der Waals surface area contributed by atoms with Crippen LogP contribution in [0.3, 0.4) is 0 Å². The molecular weight excluding hydrogens is 278 g/mol. The second-order valence-corrected chi connectivity index (χ2v) is 4.83. The van der Waals surface area contributed by atoms with E-state index in [4.69, 9.17) is 11.6 Å². The van der Waals surface area contributed by atoms with Gasteiger partial charge in [0, 0.05) is 19.3 Å². The Labute approximate surface area is 122 Å². The summed E-state index contributed by atoms with van der Waals surface area (Å²) in [6, 6.07) is 1.74. The molecule has 6 nitrogen and oxygen atoms in total. The Morgan fingerprint density at radius 3 is 2.70 bits per heavy atom. The summed E-state index contributed by atoms with van der Waals surface area (Å²) in [5, 5.41) is 11.6. The predicted molar refractivity (Wildman–Crippen MR) is 76.7 cm³/mol. The first-order valence-corrected chi connectivity index (χ1v) is 7.00. The molecule has 1 unspecified atom stereocenters. The lowest BCUT2D eigenvalue weighted by Crippen LogP contribution is -2.30. The lowest BCUT2D eigenvalue weighted by Gasteiger charge is -2.15. The first-order chi connectivity index (χ1) is 9.58. The zero-order valence-corrected chi connectivity index (χ0v) is 12.6. The third-order valence-electron chi connectivity index (χ3n) is 3.15. The largest absolute Gasteiger partial charge is 0.343 e. The number of hydrogen-bond donors (Lipinski definition) is 1. The number of carbonyl (C=O) groups excluding carboxylic acids is 1. The smallest absolute Gasteiger partial charge is 0.271 e. The number of rotatable bonds is 5. The summed E-state index contributed by atoms with van der Waals surface area (Å²) < 4.78 is 3.44. The molecule has 2 aromatic rings. The molecule has 0 spiro atoms. The SMILES string of the molecule is CCn1nccc1C(C)NC(=O)c1c(Cl)cnn1CC. The van der Waals surface area contributed by atoms with E-state index in [1.165, 1.54) is 6.20 Å². The first kappa shape index (κ1) is 14.6. The third kappa shape index (κ3) is 2.70. The molecule has 7 heteroatoms. The molecule has 0 saturated heterocycles. The van der Waals surface area contributed by atoms with Crippen molar-refractivity contribution >= 4 is 17.5 Å². The Bertz CT molecular complexity index is 604. The van der Waals surface area contributed by atoms with Gasteiger partial charge in [0.15, 0.2) is 0 Å². The number of aryl methyl sites for hydroxylation is 2. The molecule has 0 aromatic carbocycles. The summed E-state index contributed by atoms with van der Waals surface area (Å²) in [4.78, 5) is 12.3. The maximum Gasteiger partial charge on any atom is 0.271 e. The van der Waals surface area contributed by atoms with Crippen LogP contribution < -0.4 is 5.32 Å². The Morgan fingerprint density at radius 2 is 2.05 bits per heavy atom. The minimum atomic E-state index is -0.231. The van der Waals surface area contributed by atoms with Crippen molar-refractivity contribution < 1.29 is 4.79 Å². The molecule has 1 amide bonds. The molecule has 1 N–H and O–H groups in total. The molecule has 0 aliphatic rings. The van der Waals surface area contributed by atoms with Crippen molar-refractivity contribution in [2.75, 3.05) is 0 Å². The zero-order valence-electron chi connectivity index (χ0n) is 11.8. The normalized spacial score (nSPS) is 12.4. The number of halogens is 1. The van der Waals surface area contributed by atoms with Gasteiger partial charge in [0.1, 0.15) is 5.69 Å². The van der Waals surface area contributed by atoms with Crippen LogP contribution in [0.15, 0.2) is 18.5 Å². The molecule has 2 rings (SSSR count). The quantitative estimate of drug-likeness (QED) is 0.920. The van der Waals surface area contributed by atoms with E-state index in [9.17, 15) is 4.79 Å². The molecule has 0 bridgehead atoms. The maximum atomic E-state index is 12.3. The van der Waals surface area contributed by atoms with Gasteiger partial charge in [-0.3, -0.25) is 14.2 Å². The fourth-order valence-electron chi connectivity index (χ4n) is 2.14. The van der Waals surface area contributed by atoms with Crippen LogP contribution in [0.4, 0.5) is 0 Å². The van der Waals surface area contributed by atoms with E-state index < -0.39 is 0 Å². The molecule has 2 heterocycles. The Hall–Kier alpha value is -1.82. The highest BCUT2D eigenvalue weighted by Crippen LogP contribution is 2.17. The van der Waals surface area contributed by atoms with Crippen molar-refractivity contribution in [1.29, 1.82) is 0 Å². The van der Waals surface area contributed by atoms with Gasteiger partial charge in [0.2, 0.25) is 0 Å². The van der Waals surface area contributed by atoms with Gasteiger partial charge >= 0.3 is 0 Å². The van der Waals surface area contributed by atoms with E-state index in [0.29, 0.717) is 17.3 Å². The van der Waals surface area contributed by atoms with Crippen molar-refractivity contribution in [2.24, 2.45) is 0 Å². The summed E-state index contributed by atoms with van der Waals surface area (Å²) in [5.74, 6) is -0.231. The number of amides is 1. The van der Waals surface area contributed by atoms with Crippen LogP contribution >= 0.6 is 11.6 Å². The van der Waals surface area contributed by atoms with E-state index in [1.54, 1.807) is 10.9 Å². The van der Waals surface area contributed by atoms with Gasteiger partial charge in [0.05, 0.1) is 23.0 Å². The van der Waals surface area contributed by atoms with Crippen molar-refractivity contribution in [3.8, 4) is 0 Å². The Balaban J connectivity index is 2.17. The predicted octanol–water partition coefficient (Wildman–Crippen LogP) is 2.26. The highest BCUT2D eigenvalue weighted by atomic mass is 35.5. The van der Waals surface area contributed by atoms with Crippen molar-refractivity contribution in [2.45, 2.75) is 39.9 Å². The molecule has 108 valence electrons. The number of carbonyl (C=O) groups is 1. The monoisotopic (exact) mass is 295 g/mol. The number of nitrogens with zero attached hydrogens (tertiary/aromatic N) is 4. The van der Waals surface area contributed by atoms with Crippen LogP contribution in [0.5, 0.6) is 0 Å². The van der Waals surface area contributed by atoms with Crippen molar-refractivity contribution in [3.05, 3.63) is 34.9 Å². The molecule has 1 atom stereocenters. The van der Waals surface area contributed by atoms with Crippen molar-refractivity contribution in [3.63, 3.8) is 0 Å². The summed E-state index contributed by atoms with van der Waals surface area (Å²) in [5.41, 5.74) is 1.35. The lowest BCUT2D eigenvalue weighted by molar-refractivity contribution is 0.0927. The molecule has 20 heavy (non-hydrogen) atoms. The van der Waals surface area contributed by atoms with Gasteiger partial charge in [-0.1, -0.05) is 11.6 Å². The second-order valence-electron chi connectivity index (χ2n) is 4.42. The molecule has 0 saturated carbocycles. The maximum absolute atomic E-state index is 12.3. The van der Waals surface area contributed by atoms with E-state index >= 15 is 0 Å². The second kappa shape index (κ2) is 6.09. The van der Waals surface area contributed by atoms with Gasteiger partial charge in [-0.2, -0.15) is 10.2 Å². The fraction of sp³-hybridized carbons (Fsp3) is 0.462.